The number of amides is 1. The molecule has 0 saturated heterocycles. The molecule has 0 unspecified atom stereocenters. The molecule has 0 atom stereocenters. The van der Waals surface area contributed by atoms with Crippen molar-refractivity contribution >= 4 is 11.6 Å². The van der Waals surface area contributed by atoms with Crippen LogP contribution in [0.25, 0.3) is 0 Å². The molecule has 0 aliphatic carbocycles. The summed E-state index contributed by atoms with van der Waals surface area (Å²) in [5.41, 5.74) is 5.34. The van der Waals surface area contributed by atoms with E-state index in [2.05, 4.69) is 27.4 Å². The molecular formula is C16H19N3O. The second-order valence-electron chi connectivity index (χ2n) is 5.17. The average molecular weight is 269 g/mol. The molecule has 1 heterocycles. The Morgan fingerprint density at radius 3 is 2.10 bits per heavy atom. The number of aromatic nitrogens is 2. The topological polar surface area (TPSA) is 54.9 Å². The van der Waals surface area contributed by atoms with Crippen LogP contribution in [-0.2, 0) is 0 Å². The number of benzene rings is 1. The van der Waals surface area contributed by atoms with Crippen LogP contribution in [0.4, 0.5) is 5.69 Å². The van der Waals surface area contributed by atoms with Crippen LogP contribution in [-0.4, -0.2) is 15.9 Å². The Kier molecular flexibility index (Phi) is 3.84. The molecule has 0 radical (unpaired) electrons. The molecule has 1 aromatic carbocycles. The maximum Gasteiger partial charge on any atom is 0.274 e. The molecular weight excluding hydrogens is 250 g/mol. The number of carbonyl (C=O) groups is 1. The standard InChI is InChI=1S/C16H19N3O/c1-9-6-10(2)15(11(3)7-9)19-16(20)14-8-12(4)17-13(5)18-14/h6-8H,1-5H3,(H,19,20). The van der Waals surface area contributed by atoms with Crippen LogP contribution >= 0.6 is 0 Å². The van der Waals surface area contributed by atoms with Crippen molar-refractivity contribution in [1.82, 2.24) is 9.97 Å². The van der Waals surface area contributed by atoms with E-state index in [9.17, 15) is 4.79 Å². The monoisotopic (exact) mass is 269 g/mol. The van der Waals surface area contributed by atoms with Gasteiger partial charge in [-0.1, -0.05) is 17.7 Å². The zero-order valence-electron chi connectivity index (χ0n) is 12.5. The summed E-state index contributed by atoms with van der Waals surface area (Å²) >= 11 is 0. The first kappa shape index (κ1) is 14.2. The van der Waals surface area contributed by atoms with Crippen molar-refractivity contribution in [3.63, 3.8) is 0 Å². The first-order valence-electron chi connectivity index (χ1n) is 6.58. The van der Waals surface area contributed by atoms with Gasteiger partial charge in [0.05, 0.1) is 0 Å². The number of carbonyl (C=O) groups excluding carboxylic acids is 1. The third-order valence-corrected chi connectivity index (χ3v) is 3.11. The lowest BCUT2D eigenvalue weighted by molar-refractivity contribution is 0.102. The van der Waals surface area contributed by atoms with Crippen LogP contribution in [0.1, 0.15) is 38.7 Å². The van der Waals surface area contributed by atoms with Crippen molar-refractivity contribution < 1.29 is 4.79 Å². The van der Waals surface area contributed by atoms with Crippen LogP contribution in [0.5, 0.6) is 0 Å². The molecule has 0 spiro atoms. The highest BCUT2D eigenvalue weighted by molar-refractivity contribution is 6.03. The zero-order valence-corrected chi connectivity index (χ0v) is 12.5. The first-order valence-corrected chi connectivity index (χ1v) is 6.58. The van der Waals surface area contributed by atoms with Gasteiger partial charge in [0.15, 0.2) is 0 Å². The summed E-state index contributed by atoms with van der Waals surface area (Å²) in [7, 11) is 0. The molecule has 0 saturated carbocycles. The van der Waals surface area contributed by atoms with Gasteiger partial charge < -0.3 is 5.32 Å². The molecule has 0 bridgehead atoms. The third kappa shape index (κ3) is 3.02. The van der Waals surface area contributed by atoms with E-state index < -0.39 is 0 Å². The molecule has 4 nitrogen and oxygen atoms in total. The lowest BCUT2D eigenvalue weighted by atomic mass is 10.0. The van der Waals surface area contributed by atoms with Gasteiger partial charge in [-0.25, -0.2) is 9.97 Å². The van der Waals surface area contributed by atoms with Gasteiger partial charge >= 0.3 is 0 Å². The van der Waals surface area contributed by atoms with Gasteiger partial charge in [0, 0.05) is 11.4 Å². The Morgan fingerprint density at radius 1 is 0.950 bits per heavy atom. The van der Waals surface area contributed by atoms with Crippen LogP contribution in [0, 0.1) is 34.6 Å². The van der Waals surface area contributed by atoms with Crippen LogP contribution in [0.3, 0.4) is 0 Å². The molecule has 1 aromatic heterocycles. The minimum absolute atomic E-state index is 0.200. The quantitative estimate of drug-likeness (QED) is 0.910. The van der Waals surface area contributed by atoms with Crippen LogP contribution < -0.4 is 5.32 Å². The minimum Gasteiger partial charge on any atom is -0.320 e. The van der Waals surface area contributed by atoms with Crippen molar-refractivity contribution in [3.8, 4) is 0 Å². The molecule has 4 heteroatoms. The van der Waals surface area contributed by atoms with E-state index in [0.717, 1.165) is 22.5 Å². The van der Waals surface area contributed by atoms with Crippen molar-refractivity contribution in [2.24, 2.45) is 0 Å². The van der Waals surface area contributed by atoms with Crippen molar-refractivity contribution in [2.45, 2.75) is 34.6 Å². The van der Waals surface area contributed by atoms with E-state index >= 15 is 0 Å². The van der Waals surface area contributed by atoms with E-state index in [0.29, 0.717) is 11.5 Å². The second-order valence-corrected chi connectivity index (χ2v) is 5.17. The maximum absolute atomic E-state index is 12.3. The highest BCUT2D eigenvalue weighted by atomic mass is 16.1. The minimum atomic E-state index is -0.200. The summed E-state index contributed by atoms with van der Waals surface area (Å²) in [6, 6.07) is 5.80. The number of hydrogen-bond acceptors (Lipinski definition) is 3. The molecule has 104 valence electrons. The van der Waals surface area contributed by atoms with Gasteiger partial charge in [-0.3, -0.25) is 4.79 Å². The lowest BCUT2D eigenvalue weighted by Crippen LogP contribution is -2.16. The summed E-state index contributed by atoms with van der Waals surface area (Å²) in [5.74, 6) is 0.404. The van der Waals surface area contributed by atoms with Gasteiger partial charge in [0.1, 0.15) is 11.5 Å². The largest absolute Gasteiger partial charge is 0.320 e. The number of nitrogens with one attached hydrogen (secondary N) is 1. The molecule has 0 aliphatic rings. The second kappa shape index (κ2) is 5.41. The van der Waals surface area contributed by atoms with Gasteiger partial charge in [0.2, 0.25) is 0 Å². The van der Waals surface area contributed by atoms with Crippen LogP contribution in [0.15, 0.2) is 18.2 Å². The van der Waals surface area contributed by atoms with Crippen LogP contribution in [0.2, 0.25) is 0 Å². The summed E-state index contributed by atoms with van der Waals surface area (Å²) < 4.78 is 0. The Morgan fingerprint density at radius 2 is 1.55 bits per heavy atom. The highest BCUT2D eigenvalue weighted by Gasteiger charge is 2.12. The normalized spacial score (nSPS) is 10.4. The average Bonchev–Trinajstić information content (AvgIpc) is 2.32. The van der Waals surface area contributed by atoms with E-state index in [1.807, 2.05) is 27.7 Å². The molecule has 20 heavy (non-hydrogen) atoms. The third-order valence-electron chi connectivity index (χ3n) is 3.11. The van der Waals surface area contributed by atoms with Crippen molar-refractivity contribution in [3.05, 3.63) is 52.1 Å². The summed E-state index contributed by atoms with van der Waals surface area (Å²) in [4.78, 5) is 20.7. The number of hydrogen-bond donors (Lipinski definition) is 1. The van der Waals surface area contributed by atoms with Gasteiger partial charge in [-0.15, -0.1) is 0 Å². The summed E-state index contributed by atoms with van der Waals surface area (Å²) in [5, 5.41) is 2.95. The predicted molar refractivity (Wildman–Crippen MR) is 80.1 cm³/mol. The number of nitrogens with zero attached hydrogens (tertiary/aromatic N) is 2. The fourth-order valence-electron chi connectivity index (χ4n) is 2.39. The Hall–Kier alpha value is -2.23. The van der Waals surface area contributed by atoms with Gasteiger partial charge in [-0.05, 0) is 51.8 Å². The maximum atomic E-state index is 12.3. The van der Waals surface area contributed by atoms with E-state index in [1.54, 1.807) is 13.0 Å². The Bertz CT molecular complexity index is 634. The number of anilines is 1. The SMILES string of the molecule is Cc1cc(C)c(NC(=O)c2cc(C)nc(C)n2)c(C)c1. The summed E-state index contributed by atoms with van der Waals surface area (Å²) in [6.07, 6.45) is 0. The highest BCUT2D eigenvalue weighted by Crippen LogP contribution is 2.22. The molecule has 1 N–H and O–H groups in total. The van der Waals surface area contributed by atoms with Crippen molar-refractivity contribution in [2.75, 3.05) is 5.32 Å². The predicted octanol–water partition coefficient (Wildman–Crippen LogP) is 3.27. The smallest absolute Gasteiger partial charge is 0.274 e. The first-order chi connectivity index (χ1) is 9.36. The fourth-order valence-corrected chi connectivity index (χ4v) is 2.39. The molecule has 0 fully saturated rings. The van der Waals surface area contributed by atoms with E-state index in [4.69, 9.17) is 0 Å². The van der Waals surface area contributed by atoms with E-state index in [1.165, 1.54) is 5.56 Å². The Balaban J connectivity index is 2.32. The van der Waals surface area contributed by atoms with Gasteiger partial charge in [-0.2, -0.15) is 0 Å². The zero-order chi connectivity index (χ0) is 14.9. The Labute approximate surface area is 119 Å². The van der Waals surface area contributed by atoms with Crippen molar-refractivity contribution in [1.29, 1.82) is 0 Å². The number of aryl methyl sites for hydroxylation is 5. The summed E-state index contributed by atoms with van der Waals surface area (Å²) in [6.45, 7) is 9.67. The molecule has 0 aliphatic heterocycles. The molecule has 2 aromatic rings. The lowest BCUT2D eigenvalue weighted by Gasteiger charge is -2.12. The number of rotatable bonds is 2. The molecule has 1 amide bonds. The van der Waals surface area contributed by atoms with Gasteiger partial charge in [0.25, 0.3) is 5.91 Å². The fraction of sp³-hybridized carbons (Fsp3) is 0.312. The van der Waals surface area contributed by atoms with E-state index in [-0.39, 0.29) is 5.91 Å². The molecule has 2 rings (SSSR count).